The zero-order valence-electron chi connectivity index (χ0n) is 17.3. The van der Waals surface area contributed by atoms with Gasteiger partial charge < -0.3 is 15.0 Å². The van der Waals surface area contributed by atoms with Gasteiger partial charge in [-0.05, 0) is 59.3 Å². The minimum absolute atomic E-state index is 0.000294. The van der Waals surface area contributed by atoms with Crippen molar-refractivity contribution < 1.29 is 19.1 Å². The van der Waals surface area contributed by atoms with Crippen LogP contribution in [0.3, 0.4) is 0 Å². The summed E-state index contributed by atoms with van der Waals surface area (Å²) < 4.78 is 5.50. The highest BCUT2D eigenvalue weighted by Crippen LogP contribution is 2.23. The minimum atomic E-state index is -0.581. The summed E-state index contributed by atoms with van der Waals surface area (Å²) in [6.07, 6.45) is 5.15. The Hall–Kier alpha value is -1.79. The number of amides is 3. The first-order chi connectivity index (χ1) is 12.7. The Balaban J connectivity index is 2.00. The molecular weight excluding hydrogens is 346 g/mol. The van der Waals surface area contributed by atoms with Gasteiger partial charge in [0.25, 0.3) is 0 Å². The largest absolute Gasteiger partial charge is 0.444 e. The van der Waals surface area contributed by atoms with Gasteiger partial charge in [-0.2, -0.15) is 0 Å². The molecule has 2 rings (SSSR count). The molecule has 7 nitrogen and oxygen atoms in total. The van der Waals surface area contributed by atoms with Crippen molar-refractivity contribution in [3.05, 3.63) is 0 Å². The van der Waals surface area contributed by atoms with Gasteiger partial charge in [0, 0.05) is 32.1 Å². The lowest BCUT2D eigenvalue weighted by atomic mass is 9.99. The fourth-order valence-corrected chi connectivity index (χ4v) is 3.76. The first kappa shape index (κ1) is 21.5. The second-order valence-corrected chi connectivity index (χ2v) is 8.63. The third kappa shape index (κ3) is 6.40. The van der Waals surface area contributed by atoms with E-state index in [1.807, 2.05) is 32.6 Å². The molecule has 3 amide bonds. The molecule has 2 aliphatic heterocycles. The van der Waals surface area contributed by atoms with Gasteiger partial charge in [-0.3, -0.25) is 14.5 Å². The van der Waals surface area contributed by atoms with Crippen molar-refractivity contribution in [2.75, 3.05) is 19.6 Å². The molecule has 0 radical (unpaired) electrons. The van der Waals surface area contributed by atoms with Crippen molar-refractivity contribution in [1.82, 2.24) is 15.1 Å². The van der Waals surface area contributed by atoms with Crippen molar-refractivity contribution in [2.24, 2.45) is 0 Å². The molecule has 2 fully saturated rings. The molecule has 2 heterocycles. The van der Waals surface area contributed by atoms with Crippen LogP contribution >= 0.6 is 0 Å². The van der Waals surface area contributed by atoms with E-state index in [0.717, 1.165) is 32.1 Å². The van der Waals surface area contributed by atoms with E-state index < -0.39 is 17.7 Å². The average Bonchev–Trinajstić information content (AvgIpc) is 2.60. The van der Waals surface area contributed by atoms with Crippen molar-refractivity contribution in [3.63, 3.8) is 0 Å². The van der Waals surface area contributed by atoms with Gasteiger partial charge >= 0.3 is 6.09 Å². The highest BCUT2D eigenvalue weighted by Gasteiger charge is 2.38. The maximum Gasteiger partial charge on any atom is 0.410 e. The number of hydrogen-bond acceptors (Lipinski definition) is 4. The number of carbonyl (C=O) groups excluding carboxylic acids is 3. The zero-order chi connectivity index (χ0) is 20.0. The lowest BCUT2D eigenvalue weighted by Gasteiger charge is -2.40. The molecule has 0 saturated carbocycles. The summed E-state index contributed by atoms with van der Waals surface area (Å²) in [7, 11) is 0. The molecule has 0 bridgehead atoms. The fraction of sp³-hybridized carbons (Fsp3) is 0.850. The van der Waals surface area contributed by atoms with Gasteiger partial charge in [0.15, 0.2) is 0 Å². The number of hydrogen-bond donors (Lipinski definition) is 1. The molecule has 27 heavy (non-hydrogen) atoms. The quantitative estimate of drug-likeness (QED) is 0.812. The number of nitrogens with one attached hydrogen (secondary N) is 1. The summed E-state index contributed by atoms with van der Waals surface area (Å²) in [6, 6.07) is -0.459. The van der Waals surface area contributed by atoms with Crippen LogP contribution in [0, 0.1) is 0 Å². The van der Waals surface area contributed by atoms with E-state index in [2.05, 4.69) is 5.32 Å². The predicted octanol–water partition coefficient (Wildman–Crippen LogP) is 2.68. The van der Waals surface area contributed by atoms with Crippen molar-refractivity contribution in [2.45, 2.75) is 90.3 Å². The topological polar surface area (TPSA) is 79.0 Å². The summed E-state index contributed by atoms with van der Waals surface area (Å²) in [6.45, 7) is 9.23. The Morgan fingerprint density at radius 1 is 1.07 bits per heavy atom. The maximum absolute atomic E-state index is 13.2. The number of likely N-dealkylation sites (tertiary alicyclic amines) is 2. The normalized spacial score (nSPS) is 23.7. The molecular formula is C20H35N3O4. The smallest absolute Gasteiger partial charge is 0.410 e. The SMILES string of the molecule is CCCC(=O)NC1CCCN(C(=O)C2CCCCN2C(=O)OC(C)(C)C)C1. The van der Waals surface area contributed by atoms with E-state index in [-0.39, 0.29) is 17.9 Å². The van der Waals surface area contributed by atoms with Crippen LogP contribution in [0.1, 0.15) is 72.6 Å². The maximum atomic E-state index is 13.2. The molecule has 154 valence electrons. The molecule has 2 atom stereocenters. The van der Waals surface area contributed by atoms with Crippen molar-refractivity contribution in [1.29, 1.82) is 0 Å². The highest BCUT2D eigenvalue weighted by molar-refractivity contribution is 5.86. The number of rotatable bonds is 4. The Labute approximate surface area is 162 Å². The first-order valence-electron chi connectivity index (χ1n) is 10.3. The first-order valence-corrected chi connectivity index (χ1v) is 10.3. The molecule has 2 aliphatic rings. The Kier molecular flexibility index (Phi) is 7.50. The molecule has 2 unspecified atom stereocenters. The summed E-state index contributed by atoms with van der Waals surface area (Å²) >= 11 is 0. The van der Waals surface area contributed by atoms with E-state index in [0.29, 0.717) is 32.5 Å². The predicted molar refractivity (Wildman–Crippen MR) is 103 cm³/mol. The molecule has 0 aromatic carbocycles. The van der Waals surface area contributed by atoms with Crippen molar-refractivity contribution in [3.8, 4) is 0 Å². The van der Waals surface area contributed by atoms with Crippen molar-refractivity contribution >= 4 is 17.9 Å². The molecule has 0 aliphatic carbocycles. The van der Waals surface area contributed by atoms with Crippen LogP contribution in [0.5, 0.6) is 0 Å². The van der Waals surface area contributed by atoms with E-state index in [9.17, 15) is 14.4 Å². The van der Waals surface area contributed by atoms with E-state index in [1.54, 1.807) is 4.90 Å². The van der Waals surface area contributed by atoms with Gasteiger partial charge in [-0.1, -0.05) is 6.92 Å². The van der Waals surface area contributed by atoms with Gasteiger partial charge in [0.2, 0.25) is 11.8 Å². The van der Waals surface area contributed by atoms with Crippen LogP contribution in [-0.2, 0) is 14.3 Å². The van der Waals surface area contributed by atoms with Crippen LogP contribution in [0.2, 0.25) is 0 Å². The fourth-order valence-electron chi connectivity index (χ4n) is 3.76. The van der Waals surface area contributed by atoms with Gasteiger partial charge in [0.1, 0.15) is 11.6 Å². The van der Waals surface area contributed by atoms with Crippen LogP contribution in [0.25, 0.3) is 0 Å². The number of nitrogens with zero attached hydrogens (tertiary/aromatic N) is 2. The molecule has 0 aromatic heterocycles. The standard InChI is InChI=1S/C20H35N3O4/c1-5-9-17(24)21-15-10-8-12-22(14-15)18(25)16-11-6-7-13-23(16)19(26)27-20(2,3)4/h15-16H,5-14H2,1-4H3,(H,21,24). The number of ether oxygens (including phenoxy) is 1. The summed E-state index contributed by atoms with van der Waals surface area (Å²) in [5, 5.41) is 3.03. The third-order valence-corrected chi connectivity index (χ3v) is 4.99. The molecule has 0 aromatic rings. The van der Waals surface area contributed by atoms with Crippen LogP contribution in [0.15, 0.2) is 0 Å². The lowest BCUT2D eigenvalue weighted by molar-refractivity contribution is -0.140. The van der Waals surface area contributed by atoms with Gasteiger partial charge in [0.05, 0.1) is 0 Å². The van der Waals surface area contributed by atoms with E-state index >= 15 is 0 Å². The Morgan fingerprint density at radius 3 is 2.48 bits per heavy atom. The van der Waals surface area contributed by atoms with Crippen LogP contribution in [0.4, 0.5) is 4.79 Å². The second kappa shape index (κ2) is 9.42. The molecule has 7 heteroatoms. The number of piperidine rings is 2. The summed E-state index contributed by atoms with van der Waals surface area (Å²) in [5.41, 5.74) is -0.581. The minimum Gasteiger partial charge on any atom is -0.444 e. The highest BCUT2D eigenvalue weighted by atomic mass is 16.6. The van der Waals surface area contributed by atoms with Gasteiger partial charge in [-0.15, -0.1) is 0 Å². The van der Waals surface area contributed by atoms with E-state index in [4.69, 9.17) is 4.74 Å². The molecule has 0 spiro atoms. The summed E-state index contributed by atoms with van der Waals surface area (Å²) in [5.74, 6) is 0.0276. The summed E-state index contributed by atoms with van der Waals surface area (Å²) in [4.78, 5) is 41.0. The monoisotopic (exact) mass is 381 g/mol. The Morgan fingerprint density at radius 2 is 1.81 bits per heavy atom. The van der Waals surface area contributed by atoms with Crippen LogP contribution in [-0.4, -0.2) is 65.0 Å². The number of carbonyl (C=O) groups is 3. The third-order valence-electron chi connectivity index (χ3n) is 4.99. The zero-order valence-corrected chi connectivity index (χ0v) is 17.3. The van der Waals surface area contributed by atoms with Gasteiger partial charge in [-0.25, -0.2) is 4.79 Å². The van der Waals surface area contributed by atoms with Crippen LogP contribution < -0.4 is 5.32 Å². The lowest BCUT2D eigenvalue weighted by Crippen LogP contribution is -2.57. The molecule has 1 N–H and O–H groups in total. The molecule has 2 saturated heterocycles. The second-order valence-electron chi connectivity index (χ2n) is 8.63. The van der Waals surface area contributed by atoms with E-state index in [1.165, 1.54) is 0 Å². The average molecular weight is 382 g/mol. The Bertz CT molecular complexity index is 544.